The van der Waals surface area contributed by atoms with Gasteiger partial charge in [-0.15, -0.1) is 0 Å². The number of amidine groups is 1. The van der Waals surface area contributed by atoms with Crippen LogP contribution in [0.3, 0.4) is 0 Å². The minimum absolute atomic E-state index is 0.0661. The Kier molecular flexibility index (Phi) is 6.58. The molecule has 1 aromatic heterocycles. The summed E-state index contributed by atoms with van der Waals surface area (Å²) in [7, 11) is 0. The summed E-state index contributed by atoms with van der Waals surface area (Å²) in [4.78, 5) is 16.0. The minimum atomic E-state index is -0.343. The molecule has 0 amide bonds. The number of nitrogens with zero attached hydrogens (tertiary/aromatic N) is 1. The van der Waals surface area contributed by atoms with E-state index in [4.69, 9.17) is 38.8 Å². The van der Waals surface area contributed by atoms with E-state index in [9.17, 15) is 4.79 Å². The van der Waals surface area contributed by atoms with Crippen LogP contribution in [0.5, 0.6) is 11.5 Å². The van der Waals surface area contributed by atoms with Gasteiger partial charge in [0, 0.05) is 10.7 Å². The van der Waals surface area contributed by atoms with Crippen molar-refractivity contribution in [1.29, 1.82) is 0 Å². The number of aromatic nitrogens is 1. The van der Waals surface area contributed by atoms with E-state index in [2.05, 4.69) is 14.7 Å². The molecule has 0 bridgehead atoms. The molecule has 0 aliphatic rings. The van der Waals surface area contributed by atoms with E-state index in [0.717, 1.165) is 17.2 Å². The van der Waals surface area contributed by atoms with Gasteiger partial charge in [0.1, 0.15) is 27.9 Å². The monoisotopic (exact) mass is 438 g/mol. The van der Waals surface area contributed by atoms with Gasteiger partial charge in [0.25, 0.3) is 5.56 Å². The fourth-order valence-electron chi connectivity index (χ4n) is 2.30. The van der Waals surface area contributed by atoms with Crippen molar-refractivity contribution in [1.82, 2.24) is 4.37 Å². The van der Waals surface area contributed by atoms with E-state index < -0.39 is 0 Å². The van der Waals surface area contributed by atoms with Gasteiger partial charge in [0.2, 0.25) is 0 Å². The quantitative estimate of drug-likeness (QED) is 0.329. The molecule has 0 radical (unpaired) electrons. The molecule has 2 aromatic carbocycles. The zero-order valence-electron chi connectivity index (χ0n) is 14.4. The summed E-state index contributed by atoms with van der Waals surface area (Å²) in [6, 6.07) is 12.1. The van der Waals surface area contributed by atoms with Gasteiger partial charge in [-0.25, -0.2) is 0 Å². The Morgan fingerprint density at radius 2 is 2.00 bits per heavy atom. The summed E-state index contributed by atoms with van der Waals surface area (Å²) < 4.78 is 8.36. The van der Waals surface area contributed by atoms with Crippen molar-refractivity contribution in [3.63, 3.8) is 0 Å². The van der Waals surface area contributed by atoms with E-state index >= 15 is 0 Å². The molecule has 146 valence electrons. The number of aliphatic hydroxyl groups excluding tert-OH is 1. The lowest BCUT2D eigenvalue weighted by atomic mass is 10.2. The van der Waals surface area contributed by atoms with Crippen LogP contribution in [0.4, 0.5) is 10.7 Å². The number of nitrogens with two attached hydrogens (primary N) is 1. The van der Waals surface area contributed by atoms with Crippen molar-refractivity contribution in [2.45, 2.75) is 0 Å². The smallest absolute Gasteiger partial charge is 0.271 e. The molecule has 7 nitrogen and oxygen atoms in total. The number of hydrogen-bond acceptors (Lipinski definition) is 6. The van der Waals surface area contributed by atoms with Crippen LogP contribution in [0.2, 0.25) is 10.0 Å². The molecule has 0 saturated carbocycles. The first-order valence-electron chi connectivity index (χ1n) is 8.10. The molecule has 0 aliphatic carbocycles. The maximum atomic E-state index is 12.0. The summed E-state index contributed by atoms with van der Waals surface area (Å²) in [5, 5.41) is 13.5. The average Bonchev–Trinajstić information content (AvgIpc) is 3.04. The number of anilines is 2. The molecule has 28 heavy (non-hydrogen) atoms. The van der Waals surface area contributed by atoms with Gasteiger partial charge in [0.15, 0.2) is 0 Å². The Bertz CT molecular complexity index is 1050. The van der Waals surface area contributed by atoms with E-state index in [1.165, 1.54) is 0 Å². The van der Waals surface area contributed by atoms with E-state index in [-0.39, 0.29) is 30.1 Å². The number of aliphatic hydroxyl groups is 1. The highest BCUT2D eigenvalue weighted by atomic mass is 35.5. The van der Waals surface area contributed by atoms with Crippen molar-refractivity contribution in [2.24, 2.45) is 10.7 Å². The summed E-state index contributed by atoms with van der Waals surface area (Å²) in [6.07, 6.45) is 0. The fraction of sp³-hybridized carbons (Fsp3) is 0.111. The maximum Gasteiger partial charge on any atom is 0.271 e. The number of H-pyrrole nitrogens is 1. The largest absolute Gasteiger partial charge is 0.456 e. The lowest BCUT2D eigenvalue weighted by molar-refractivity contribution is 0.307. The fourth-order valence-corrected chi connectivity index (χ4v) is 3.51. The van der Waals surface area contributed by atoms with Gasteiger partial charge >= 0.3 is 0 Å². The summed E-state index contributed by atoms with van der Waals surface area (Å²) in [5.74, 6) is 1.14. The summed E-state index contributed by atoms with van der Waals surface area (Å²) in [5.41, 5.74) is 6.48. The van der Waals surface area contributed by atoms with Crippen LogP contribution in [-0.4, -0.2) is 28.5 Å². The molecule has 0 aliphatic heterocycles. The first kappa shape index (κ1) is 20.2. The van der Waals surface area contributed by atoms with Crippen LogP contribution >= 0.6 is 34.7 Å². The number of rotatable bonds is 7. The number of ether oxygens (including phenoxy) is 1. The van der Waals surface area contributed by atoms with Crippen molar-refractivity contribution >= 4 is 51.3 Å². The molecule has 0 atom stereocenters. The average molecular weight is 439 g/mol. The highest BCUT2D eigenvalue weighted by Gasteiger charge is 2.14. The third-order valence-electron chi connectivity index (χ3n) is 3.57. The second-order valence-corrected chi connectivity index (χ2v) is 7.21. The number of halogens is 2. The third-order valence-corrected chi connectivity index (χ3v) is 4.90. The maximum absolute atomic E-state index is 12.0. The Balaban J connectivity index is 1.76. The molecule has 3 rings (SSSR count). The first-order chi connectivity index (χ1) is 13.5. The number of hydrogen-bond donors (Lipinski definition) is 4. The third kappa shape index (κ3) is 4.85. The van der Waals surface area contributed by atoms with Crippen molar-refractivity contribution in [3.8, 4) is 11.5 Å². The molecule has 0 fully saturated rings. The van der Waals surface area contributed by atoms with Crippen LogP contribution in [0.1, 0.15) is 5.56 Å². The highest BCUT2D eigenvalue weighted by molar-refractivity contribution is 7.10. The molecule has 1 heterocycles. The van der Waals surface area contributed by atoms with Crippen molar-refractivity contribution in [3.05, 3.63) is 68.4 Å². The normalized spacial score (nSPS) is 11.5. The highest BCUT2D eigenvalue weighted by Crippen LogP contribution is 2.32. The molecule has 5 N–H and O–H groups in total. The molecular formula is C18H16Cl2N4O3S. The number of benzene rings is 2. The number of aromatic amines is 1. The lowest BCUT2D eigenvalue weighted by Crippen LogP contribution is -2.22. The van der Waals surface area contributed by atoms with Gasteiger partial charge in [-0.3, -0.25) is 14.2 Å². The molecule has 0 unspecified atom stereocenters. The van der Waals surface area contributed by atoms with E-state index in [1.54, 1.807) is 42.5 Å². The molecule has 0 spiro atoms. The van der Waals surface area contributed by atoms with Gasteiger partial charge in [-0.05, 0) is 54.0 Å². The van der Waals surface area contributed by atoms with Crippen LogP contribution in [0.25, 0.3) is 0 Å². The zero-order valence-corrected chi connectivity index (χ0v) is 16.7. The van der Waals surface area contributed by atoms with Gasteiger partial charge in [-0.1, -0.05) is 23.2 Å². The zero-order chi connectivity index (χ0) is 20.1. The summed E-state index contributed by atoms with van der Waals surface area (Å²) in [6.45, 7) is -0.0234. The van der Waals surface area contributed by atoms with Gasteiger partial charge in [0.05, 0.1) is 18.2 Å². The standard InChI is InChI=1S/C18H16Cl2N4O3S/c19-10-1-6-14(13(20)9-10)27-12-4-2-11(3-5-12)23-18-15(17(26)24-28-18)16(21)22-7-8-25/h1-6,9,23,25H,7-8H2,(H2,21,22)(H,24,26). The Morgan fingerprint density at radius 1 is 1.25 bits per heavy atom. The predicted molar refractivity (Wildman–Crippen MR) is 114 cm³/mol. The molecule has 3 aromatic rings. The van der Waals surface area contributed by atoms with Crippen LogP contribution in [0, 0.1) is 0 Å². The van der Waals surface area contributed by atoms with Crippen molar-refractivity contribution in [2.75, 3.05) is 18.5 Å². The number of nitrogens with one attached hydrogen (secondary N) is 2. The Labute approximate surface area is 174 Å². The second-order valence-electron chi connectivity index (χ2n) is 5.55. The van der Waals surface area contributed by atoms with Crippen LogP contribution in [-0.2, 0) is 0 Å². The predicted octanol–water partition coefficient (Wildman–Crippen LogP) is 3.98. The van der Waals surface area contributed by atoms with E-state index in [1.807, 2.05) is 0 Å². The topological polar surface area (TPSA) is 113 Å². The van der Waals surface area contributed by atoms with Crippen LogP contribution < -0.4 is 21.3 Å². The Hall–Kier alpha value is -2.52. The summed E-state index contributed by atoms with van der Waals surface area (Å²) >= 11 is 13.1. The minimum Gasteiger partial charge on any atom is -0.456 e. The lowest BCUT2D eigenvalue weighted by Gasteiger charge is -2.10. The van der Waals surface area contributed by atoms with Crippen molar-refractivity contribution < 1.29 is 9.84 Å². The SMILES string of the molecule is NC(=NCCO)c1c(Nc2ccc(Oc3ccc(Cl)cc3Cl)cc2)s[nH]c1=O. The second kappa shape index (κ2) is 9.11. The molecule has 0 saturated heterocycles. The van der Waals surface area contributed by atoms with Gasteiger partial charge in [-0.2, -0.15) is 0 Å². The van der Waals surface area contributed by atoms with E-state index in [0.29, 0.717) is 26.5 Å². The first-order valence-corrected chi connectivity index (χ1v) is 9.68. The molecular weight excluding hydrogens is 423 g/mol. The van der Waals surface area contributed by atoms with Gasteiger partial charge < -0.3 is 20.9 Å². The molecule has 10 heteroatoms. The van der Waals surface area contributed by atoms with Crippen LogP contribution in [0.15, 0.2) is 52.3 Å². The Morgan fingerprint density at radius 3 is 2.68 bits per heavy atom. The number of aliphatic imine (C=N–C) groups is 1.